The normalized spacial score (nSPS) is 18.1. The summed E-state index contributed by atoms with van der Waals surface area (Å²) in [5.41, 5.74) is 2.85. The number of thioether (sulfide) groups is 1. The van der Waals surface area contributed by atoms with E-state index in [1.807, 2.05) is 24.0 Å². The van der Waals surface area contributed by atoms with Crippen molar-refractivity contribution < 1.29 is 14.0 Å². The second-order valence-electron chi connectivity index (χ2n) is 8.90. The Balaban J connectivity index is 1.37. The third-order valence-corrected chi connectivity index (χ3v) is 6.81. The minimum atomic E-state index is -0.218. The molecule has 2 heterocycles. The van der Waals surface area contributed by atoms with Crippen LogP contribution < -0.4 is 5.32 Å². The minimum Gasteiger partial charge on any atom is -0.411 e. The van der Waals surface area contributed by atoms with Gasteiger partial charge in [0.1, 0.15) is 0 Å². The van der Waals surface area contributed by atoms with Gasteiger partial charge in [-0.05, 0) is 67.1 Å². The van der Waals surface area contributed by atoms with Crippen LogP contribution in [0, 0.1) is 18.8 Å². The van der Waals surface area contributed by atoms with Crippen molar-refractivity contribution in [2.45, 2.75) is 32.4 Å². The van der Waals surface area contributed by atoms with Crippen molar-refractivity contribution in [2.75, 3.05) is 24.2 Å². The Morgan fingerprint density at radius 2 is 1.82 bits per heavy atom. The molecule has 0 saturated carbocycles. The Kier molecular flexibility index (Phi) is 7.58. The van der Waals surface area contributed by atoms with Gasteiger partial charge in [-0.3, -0.25) is 9.59 Å². The topological polar surface area (TPSA) is 88.3 Å². The SMILES string of the molecule is Cc1ccc(C(=O)N2CC(C)CC(C)C2)cc1NC(=O)CSc1nnc(-c2ccc(Cl)cc2)o1. The molecule has 178 valence electrons. The number of hydrogen-bond acceptors (Lipinski definition) is 6. The van der Waals surface area contributed by atoms with E-state index in [0.717, 1.165) is 42.4 Å². The average Bonchev–Trinajstić information content (AvgIpc) is 3.27. The number of piperidine rings is 1. The van der Waals surface area contributed by atoms with Crippen molar-refractivity contribution >= 4 is 40.9 Å². The standard InChI is InChI=1S/C25H27ClN4O3S/c1-15-10-16(2)13-30(12-15)24(32)19-5-4-17(3)21(11-19)27-22(31)14-34-25-29-28-23(33-25)18-6-8-20(26)9-7-18/h4-9,11,15-16H,10,12-14H2,1-3H3,(H,27,31). The second kappa shape index (κ2) is 10.6. The number of likely N-dealkylation sites (tertiary alicyclic amines) is 1. The highest BCUT2D eigenvalue weighted by atomic mass is 35.5. The zero-order valence-electron chi connectivity index (χ0n) is 19.4. The van der Waals surface area contributed by atoms with Crippen LogP contribution in [0.2, 0.25) is 5.02 Å². The van der Waals surface area contributed by atoms with E-state index in [4.69, 9.17) is 16.0 Å². The van der Waals surface area contributed by atoms with Crippen LogP contribution in [0.1, 0.15) is 36.2 Å². The smallest absolute Gasteiger partial charge is 0.277 e. The summed E-state index contributed by atoms with van der Waals surface area (Å²) < 4.78 is 5.64. The maximum Gasteiger partial charge on any atom is 0.277 e. The molecule has 1 aliphatic heterocycles. The van der Waals surface area contributed by atoms with Crippen molar-refractivity contribution in [2.24, 2.45) is 11.8 Å². The van der Waals surface area contributed by atoms with Gasteiger partial charge in [0.15, 0.2) is 0 Å². The lowest BCUT2D eigenvalue weighted by atomic mass is 9.91. The number of carbonyl (C=O) groups is 2. The maximum absolute atomic E-state index is 13.1. The van der Waals surface area contributed by atoms with Gasteiger partial charge in [-0.25, -0.2) is 0 Å². The van der Waals surface area contributed by atoms with Gasteiger partial charge in [-0.2, -0.15) is 0 Å². The van der Waals surface area contributed by atoms with Gasteiger partial charge in [-0.1, -0.05) is 43.3 Å². The molecule has 7 nitrogen and oxygen atoms in total. The van der Waals surface area contributed by atoms with E-state index < -0.39 is 0 Å². The average molecular weight is 499 g/mol. The number of carbonyl (C=O) groups excluding carboxylic acids is 2. The molecule has 0 spiro atoms. The van der Waals surface area contributed by atoms with Crippen LogP contribution in [-0.2, 0) is 4.79 Å². The molecule has 2 aromatic carbocycles. The predicted molar refractivity (Wildman–Crippen MR) is 134 cm³/mol. The Hall–Kier alpha value is -2.84. The fraction of sp³-hybridized carbons (Fsp3) is 0.360. The van der Waals surface area contributed by atoms with Crippen molar-refractivity contribution in [1.82, 2.24) is 15.1 Å². The van der Waals surface area contributed by atoms with E-state index in [0.29, 0.717) is 39.2 Å². The van der Waals surface area contributed by atoms with Crippen LogP contribution in [-0.4, -0.2) is 45.8 Å². The first-order valence-corrected chi connectivity index (χ1v) is 12.6. The van der Waals surface area contributed by atoms with Crippen LogP contribution in [0.15, 0.2) is 52.1 Å². The lowest BCUT2D eigenvalue weighted by Gasteiger charge is -2.35. The summed E-state index contributed by atoms with van der Waals surface area (Å²) in [6, 6.07) is 12.5. The van der Waals surface area contributed by atoms with E-state index in [2.05, 4.69) is 29.4 Å². The number of benzene rings is 2. The van der Waals surface area contributed by atoms with Crippen molar-refractivity contribution in [3.63, 3.8) is 0 Å². The summed E-state index contributed by atoms with van der Waals surface area (Å²) in [6.07, 6.45) is 1.14. The molecule has 1 aliphatic rings. The summed E-state index contributed by atoms with van der Waals surface area (Å²) in [6.45, 7) is 7.78. The Morgan fingerprint density at radius 3 is 2.53 bits per heavy atom. The van der Waals surface area contributed by atoms with E-state index in [-0.39, 0.29) is 17.6 Å². The van der Waals surface area contributed by atoms with Crippen molar-refractivity contribution in [3.05, 3.63) is 58.6 Å². The van der Waals surface area contributed by atoms with Crippen molar-refractivity contribution in [3.8, 4) is 11.5 Å². The van der Waals surface area contributed by atoms with Gasteiger partial charge in [0.25, 0.3) is 11.1 Å². The van der Waals surface area contributed by atoms with Crippen LogP contribution in [0.25, 0.3) is 11.5 Å². The number of halogens is 1. The van der Waals surface area contributed by atoms with Gasteiger partial charge in [0.2, 0.25) is 11.8 Å². The third kappa shape index (κ3) is 5.98. The molecule has 3 aromatic rings. The monoisotopic (exact) mass is 498 g/mol. The van der Waals surface area contributed by atoms with Gasteiger partial charge < -0.3 is 14.6 Å². The summed E-state index contributed by atoms with van der Waals surface area (Å²) in [5.74, 6) is 1.22. The van der Waals surface area contributed by atoms with E-state index >= 15 is 0 Å². The first-order chi connectivity index (χ1) is 16.3. The second-order valence-corrected chi connectivity index (χ2v) is 10.3. The lowest BCUT2D eigenvalue weighted by molar-refractivity contribution is -0.113. The summed E-state index contributed by atoms with van der Waals surface area (Å²) in [7, 11) is 0. The Bertz CT molecular complexity index is 1170. The van der Waals surface area contributed by atoms with E-state index in [1.165, 1.54) is 0 Å². The highest BCUT2D eigenvalue weighted by Crippen LogP contribution is 2.26. The summed E-state index contributed by atoms with van der Waals surface area (Å²) >= 11 is 7.06. The van der Waals surface area contributed by atoms with Gasteiger partial charge in [0, 0.05) is 34.9 Å². The summed E-state index contributed by atoms with van der Waals surface area (Å²) in [4.78, 5) is 27.6. The van der Waals surface area contributed by atoms with Crippen molar-refractivity contribution in [1.29, 1.82) is 0 Å². The van der Waals surface area contributed by atoms with Crippen LogP contribution in [0.4, 0.5) is 5.69 Å². The Morgan fingerprint density at radius 1 is 1.12 bits per heavy atom. The largest absolute Gasteiger partial charge is 0.411 e. The molecule has 2 atom stereocenters. The number of hydrogen-bond donors (Lipinski definition) is 1. The zero-order valence-corrected chi connectivity index (χ0v) is 20.9. The number of nitrogens with zero attached hydrogens (tertiary/aromatic N) is 3. The highest BCUT2D eigenvalue weighted by Gasteiger charge is 2.26. The molecule has 2 unspecified atom stereocenters. The van der Waals surface area contributed by atoms with Crippen LogP contribution >= 0.6 is 23.4 Å². The fourth-order valence-corrected chi connectivity index (χ4v) is 4.88. The highest BCUT2D eigenvalue weighted by molar-refractivity contribution is 7.99. The van der Waals surface area contributed by atoms with Gasteiger partial charge in [0.05, 0.1) is 5.75 Å². The molecule has 1 saturated heterocycles. The number of aryl methyl sites for hydroxylation is 1. The number of nitrogens with one attached hydrogen (secondary N) is 1. The molecule has 1 aromatic heterocycles. The molecular weight excluding hydrogens is 472 g/mol. The molecule has 0 radical (unpaired) electrons. The number of anilines is 1. The fourth-order valence-electron chi connectivity index (χ4n) is 4.19. The Labute approximate surface area is 208 Å². The maximum atomic E-state index is 13.1. The number of amides is 2. The minimum absolute atomic E-state index is 0.00358. The quantitative estimate of drug-likeness (QED) is 0.448. The molecule has 0 aliphatic carbocycles. The van der Waals surface area contributed by atoms with Crippen LogP contribution in [0.3, 0.4) is 0 Å². The number of aromatic nitrogens is 2. The van der Waals surface area contributed by atoms with Crippen LogP contribution in [0.5, 0.6) is 0 Å². The first-order valence-electron chi connectivity index (χ1n) is 11.2. The van der Waals surface area contributed by atoms with E-state index in [9.17, 15) is 9.59 Å². The molecule has 1 fully saturated rings. The van der Waals surface area contributed by atoms with Gasteiger partial charge in [-0.15, -0.1) is 10.2 Å². The molecular formula is C25H27ClN4O3S. The molecule has 34 heavy (non-hydrogen) atoms. The molecule has 9 heteroatoms. The number of rotatable bonds is 6. The summed E-state index contributed by atoms with van der Waals surface area (Å²) in [5, 5.41) is 11.8. The van der Waals surface area contributed by atoms with Gasteiger partial charge >= 0.3 is 0 Å². The third-order valence-electron chi connectivity index (χ3n) is 5.74. The molecule has 2 amide bonds. The molecule has 1 N–H and O–H groups in total. The lowest BCUT2D eigenvalue weighted by Crippen LogP contribution is -2.42. The molecule has 4 rings (SSSR count). The zero-order chi connectivity index (χ0) is 24.2. The van der Waals surface area contributed by atoms with E-state index in [1.54, 1.807) is 30.3 Å². The molecule has 0 bridgehead atoms. The predicted octanol–water partition coefficient (Wildman–Crippen LogP) is 5.55. The first kappa shape index (κ1) is 24.3.